The Kier molecular flexibility index (Phi) is 10.8. The number of esters is 1. The molecule has 4 rings (SSSR count). The molecule has 0 unspecified atom stereocenters. The Balaban J connectivity index is 1.28. The first-order valence-electron chi connectivity index (χ1n) is 13.6. The van der Waals surface area contributed by atoms with E-state index in [9.17, 15) is 14.4 Å². The molecule has 0 amide bonds. The Morgan fingerprint density at radius 2 is 1.37 bits per heavy atom. The van der Waals surface area contributed by atoms with Crippen LogP contribution in [0.1, 0.15) is 38.3 Å². The molecule has 4 aromatic rings. The van der Waals surface area contributed by atoms with Crippen molar-refractivity contribution in [2.75, 3.05) is 32.1 Å². The number of hydrogen-bond donors (Lipinski definition) is 2. The molecular weight excluding hydrogens is 516 g/mol. The Morgan fingerprint density at radius 1 is 0.732 bits per heavy atom. The average molecular weight is 551 g/mol. The van der Waals surface area contributed by atoms with Crippen LogP contribution in [0.4, 0.5) is 5.69 Å². The fourth-order valence-corrected chi connectivity index (χ4v) is 4.37. The standard InChI is InChI=1S/C34H34N2O5/c1-40-34(39)31(36-30-15-9-8-14-29(30)33(38)27-12-6-3-7-13-27)24-25-16-18-28(19-17-25)41-23-22-35-21-20-32(37)26-10-4-2-5-11-26/h2-19,31,35-36H,20-24H2,1H3/t31-/m0/s1. The van der Waals surface area contributed by atoms with E-state index in [-0.39, 0.29) is 11.6 Å². The lowest BCUT2D eigenvalue weighted by molar-refractivity contribution is -0.141. The van der Waals surface area contributed by atoms with Crippen molar-refractivity contribution >= 4 is 23.2 Å². The number of carbonyl (C=O) groups excluding carboxylic acids is 3. The Bertz CT molecular complexity index is 1420. The number of rotatable bonds is 15. The van der Waals surface area contributed by atoms with Gasteiger partial charge in [0.25, 0.3) is 0 Å². The summed E-state index contributed by atoms with van der Waals surface area (Å²) in [6.07, 6.45) is 0.789. The average Bonchev–Trinajstić information content (AvgIpc) is 3.03. The second-order valence-corrected chi connectivity index (χ2v) is 9.45. The fourth-order valence-electron chi connectivity index (χ4n) is 4.37. The number of anilines is 1. The fraction of sp³-hybridized carbons (Fsp3) is 0.206. The molecule has 0 radical (unpaired) electrons. The van der Waals surface area contributed by atoms with Gasteiger partial charge in [0.05, 0.1) is 7.11 Å². The van der Waals surface area contributed by atoms with E-state index >= 15 is 0 Å². The summed E-state index contributed by atoms with van der Waals surface area (Å²) in [5, 5.41) is 6.45. The number of methoxy groups -OCH3 is 1. The highest BCUT2D eigenvalue weighted by atomic mass is 16.5. The molecule has 41 heavy (non-hydrogen) atoms. The van der Waals surface area contributed by atoms with Gasteiger partial charge < -0.3 is 20.1 Å². The lowest BCUT2D eigenvalue weighted by Gasteiger charge is -2.20. The van der Waals surface area contributed by atoms with Gasteiger partial charge in [-0.2, -0.15) is 0 Å². The van der Waals surface area contributed by atoms with Crippen LogP contribution in [0.25, 0.3) is 0 Å². The topological polar surface area (TPSA) is 93.7 Å². The van der Waals surface area contributed by atoms with Crippen molar-refractivity contribution in [1.82, 2.24) is 5.32 Å². The van der Waals surface area contributed by atoms with Gasteiger partial charge in [-0.25, -0.2) is 4.79 Å². The molecule has 1 atom stereocenters. The predicted octanol–water partition coefficient (Wildman–Crippen LogP) is 5.36. The van der Waals surface area contributed by atoms with E-state index in [1.165, 1.54) is 7.11 Å². The summed E-state index contributed by atoms with van der Waals surface area (Å²) in [5.74, 6) is 0.262. The van der Waals surface area contributed by atoms with Crippen LogP contribution >= 0.6 is 0 Å². The summed E-state index contributed by atoms with van der Waals surface area (Å²) in [4.78, 5) is 38.0. The number of hydrogen-bond acceptors (Lipinski definition) is 7. The molecule has 0 bridgehead atoms. The summed E-state index contributed by atoms with van der Waals surface area (Å²) >= 11 is 0. The van der Waals surface area contributed by atoms with Crippen LogP contribution in [0.5, 0.6) is 5.75 Å². The molecule has 0 heterocycles. The summed E-state index contributed by atoms with van der Waals surface area (Å²) in [7, 11) is 1.35. The van der Waals surface area contributed by atoms with Crippen molar-refractivity contribution in [2.24, 2.45) is 0 Å². The van der Waals surface area contributed by atoms with Crippen molar-refractivity contribution in [2.45, 2.75) is 18.9 Å². The second kappa shape index (κ2) is 15.1. The van der Waals surface area contributed by atoms with Crippen LogP contribution in [0.15, 0.2) is 109 Å². The highest BCUT2D eigenvalue weighted by Gasteiger charge is 2.22. The first kappa shape index (κ1) is 29.2. The third kappa shape index (κ3) is 8.62. The number of carbonyl (C=O) groups is 3. The maximum absolute atomic E-state index is 13.1. The van der Waals surface area contributed by atoms with Crippen molar-refractivity contribution in [1.29, 1.82) is 0 Å². The molecular formula is C34H34N2O5. The third-order valence-corrected chi connectivity index (χ3v) is 6.56. The van der Waals surface area contributed by atoms with Crippen molar-refractivity contribution in [3.8, 4) is 5.75 Å². The monoisotopic (exact) mass is 550 g/mol. The molecule has 0 fully saturated rings. The van der Waals surface area contributed by atoms with Gasteiger partial charge in [0, 0.05) is 48.3 Å². The number of Topliss-reactive ketones (excluding diaryl/α,β-unsaturated/α-hetero) is 1. The third-order valence-electron chi connectivity index (χ3n) is 6.56. The van der Waals surface area contributed by atoms with Gasteiger partial charge in [0.1, 0.15) is 18.4 Å². The van der Waals surface area contributed by atoms with E-state index < -0.39 is 12.0 Å². The minimum Gasteiger partial charge on any atom is -0.492 e. The molecule has 0 aliphatic heterocycles. The van der Waals surface area contributed by atoms with Gasteiger partial charge in [-0.3, -0.25) is 9.59 Å². The van der Waals surface area contributed by atoms with Crippen LogP contribution in [0.3, 0.4) is 0 Å². The van der Waals surface area contributed by atoms with E-state index in [4.69, 9.17) is 9.47 Å². The van der Waals surface area contributed by atoms with Crippen LogP contribution in [0.2, 0.25) is 0 Å². The van der Waals surface area contributed by atoms with Gasteiger partial charge >= 0.3 is 5.97 Å². The van der Waals surface area contributed by atoms with E-state index in [0.29, 0.717) is 55.1 Å². The van der Waals surface area contributed by atoms with Crippen LogP contribution in [-0.4, -0.2) is 50.4 Å². The van der Waals surface area contributed by atoms with E-state index in [2.05, 4.69) is 10.6 Å². The molecule has 0 aromatic heterocycles. The van der Waals surface area contributed by atoms with Crippen LogP contribution < -0.4 is 15.4 Å². The maximum Gasteiger partial charge on any atom is 0.328 e. The van der Waals surface area contributed by atoms with E-state index in [1.807, 2.05) is 78.9 Å². The minimum absolute atomic E-state index is 0.112. The van der Waals surface area contributed by atoms with Gasteiger partial charge in [-0.15, -0.1) is 0 Å². The second-order valence-electron chi connectivity index (χ2n) is 9.45. The van der Waals surface area contributed by atoms with Crippen LogP contribution in [-0.2, 0) is 16.0 Å². The molecule has 0 saturated carbocycles. The Morgan fingerprint density at radius 3 is 2.05 bits per heavy atom. The SMILES string of the molecule is COC(=O)[C@H](Cc1ccc(OCCNCCC(=O)c2ccccc2)cc1)Nc1ccccc1C(=O)c1ccccc1. The predicted molar refractivity (Wildman–Crippen MR) is 160 cm³/mol. The van der Waals surface area contributed by atoms with Gasteiger partial charge in [-0.1, -0.05) is 84.9 Å². The summed E-state index contributed by atoms with van der Waals surface area (Å²) < 4.78 is 10.9. The lowest BCUT2D eigenvalue weighted by atomic mass is 10.00. The minimum atomic E-state index is -0.695. The van der Waals surface area contributed by atoms with E-state index in [0.717, 1.165) is 11.1 Å². The zero-order chi connectivity index (χ0) is 28.9. The first-order chi connectivity index (χ1) is 20.0. The number of para-hydroxylation sites is 1. The van der Waals surface area contributed by atoms with Crippen molar-refractivity contribution in [3.05, 3.63) is 131 Å². The normalized spacial score (nSPS) is 11.3. The number of benzene rings is 4. The molecule has 0 saturated heterocycles. The zero-order valence-electron chi connectivity index (χ0n) is 23.0. The van der Waals surface area contributed by atoms with Crippen molar-refractivity contribution in [3.63, 3.8) is 0 Å². The van der Waals surface area contributed by atoms with Gasteiger partial charge in [0.2, 0.25) is 0 Å². The molecule has 0 aliphatic rings. The van der Waals surface area contributed by atoms with Crippen LogP contribution in [0, 0.1) is 0 Å². The summed E-state index contributed by atoms with van der Waals surface area (Å²) in [6, 6.07) is 32.3. The smallest absolute Gasteiger partial charge is 0.328 e. The van der Waals surface area contributed by atoms with Gasteiger partial charge in [-0.05, 0) is 29.8 Å². The maximum atomic E-state index is 13.1. The Hall–Kier alpha value is -4.75. The lowest BCUT2D eigenvalue weighted by Crippen LogP contribution is -2.33. The number of ether oxygens (including phenoxy) is 2. The molecule has 210 valence electrons. The summed E-state index contributed by atoms with van der Waals surface area (Å²) in [5.41, 5.74) is 3.25. The van der Waals surface area contributed by atoms with Gasteiger partial charge in [0.15, 0.2) is 11.6 Å². The molecule has 2 N–H and O–H groups in total. The molecule has 0 spiro atoms. The molecule has 4 aromatic carbocycles. The molecule has 7 nitrogen and oxygen atoms in total. The highest BCUT2D eigenvalue weighted by Crippen LogP contribution is 2.22. The molecule has 0 aliphatic carbocycles. The first-order valence-corrected chi connectivity index (χ1v) is 13.6. The summed E-state index contributed by atoms with van der Waals surface area (Å²) in [6.45, 7) is 1.65. The zero-order valence-corrected chi connectivity index (χ0v) is 23.0. The molecule has 7 heteroatoms. The quantitative estimate of drug-likeness (QED) is 0.117. The Labute approximate surface area is 240 Å². The number of nitrogens with one attached hydrogen (secondary N) is 2. The van der Waals surface area contributed by atoms with E-state index in [1.54, 1.807) is 30.3 Å². The highest BCUT2D eigenvalue weighted by molar-refractivity contribution is 6.12. The largest absolute Gasteiger partial charge is 0.492 e. The van der Waals surface area contributed by atoms with Crippen molar-refractivity contribution < 1.29 is 23.9 Å². The number of ketones is 2.